The molecule has 16 heavy (non-hydrogen) atoms. The van der Waals surface area contributed by atoms with E-state index in [0.717, 1.165) is 18.1 Å². The molecule has 0 aromatic rings. The molecule has 0 spiro atoms. The van der Waals surface area contributed by atoms with Crippen LogP contribution in [0.5, 0.6) is 0 Å². The molecule has 3 nitrogen and oxygen atoms in total. The summed E-state index contributed by atoms with van der Waals surface area (Å²) < 4.78 is 4.60. The molecule has 1 N–H and O–H groups in total. The van der Waals surface area contributed by atoms with E-state index in [1.54, 1.807) is 0 Å². The maximum absolute atomic E-state index is 10.9. The highest BCUT2D eigenvalue weighted by atomic mass is 32.2. The summed E-state index contributed by atoms with van der Waals surface area (Å²) in [6.45, 7) is 9.82. The molecule has 0 rings (SSSR count). The summed E-state index contributed by atoms with van der Waals surface area (Å²) in [6.07, 6.45) is 0.504. The van der Waals surface area contributed by atoms with Crippen LogP contribution in [-0.4, -0.2) is 37.2 Å². The number of methoxy groups -OCH3 is 1. The SMILES string of the molecule is CCNC(CSCCC(=O)OC)C(C)(C)C. The predicted molar refractivity (Wildman–Crippen MR) is 70.9 cm³/mol. The first kappa shape index (κ1) is 15.8. The van der Waals surface area contributed by atoms with Crippen LogP contribution >= 0.6 is 11.8 Å². The van der Waals surface area contributed by atoms with E-state index in [1.807, 2.05) is 11.8 Å². The van der Waals surface area contributed by atoms with Crippen LogP contribution in [0.15, 0.2) is 0 Å². The molecule has 1 unspecified atom stereocenters. The van der Waals surface area contributed by atoms with Gasteiger partial charge in [-0.2, -0.15) is 11.8 Å². The Morgan fingerprint density at radius 2 is 2.06 bits per heavy atom. The zero-order valence-corrected chi connectivity index (χ0v) is 11.9. The van der Waals surface area contributed by atoms with E-state index in [0.29, 0.717) is 12.5 Å². The molecule has 0 aliphatic carbocycles. The monoisotopic (exact) mass is 247 g/mol. The van der Waals surface area contributed by atoms with Crippen molar-refractivity contribution in [1.29, 1.82) is 0 Å². The van der Waals surface area contributed by atoms with Crippen LogP contribution in [0.3, 0.4) is 0 Å². The maximum atomic E-state index is 10.9. The Kier molecular flexibility index (Phi) is 7.85. The second-order valence-corrected chi connectivity index (χ2v) is 6.03. The summed E-state index contributed by atoms with van der Waals surface area (Å²) in [7, 11) is 1.43. The molecule has 0 fully saturated rings. The molecule has 0 aliphatic heterocycles. The number of hydrogen-bond donors (Lipinski definition) is 1. The molecule has 0 aliphatic rings. The third-order valence-electron chi connectivity index (χ3n) is 2.46. The standard InChI is InChI=1S/C12H25NO2S/c1-6-13-10(12(2,3)4)9-16-8-7-11(14)15-5/h10,13H,6-9H2,1-5H3. The van der Waals surface area contributed by atoms with E-state index in [-0.39, 0.29) is 11.4 Å². The first-order valence-electron chi connectivity index (χ1n) is 5.79. The molecule has 0 saturated carbocycles. The second kappa shape index (κ2) is 7.96. The molecule has 0 aromatic carbocycles. The fraction of sp³-hybridized carbons (Fsp3) is 0.917. The van der Waals surface area contributed by atoms with Crippen LogP contribution in [0.4, 0.5) is 0 Å². The van der Waals surface area contributed by atoms with Crippen LogP contribution in [0.2, 0.25) is 0 Å². The molecule has 4 heteroatoms. The Labute approximate surface area is 104 Å². The Morgan fingerprint density at radius 3 is 2.50 bits per heavy atom. The van der Waals surface area contributed by atoms with Crippen molar-refractivity contribution >= 4 is 17.7 Å². The molecule has 0 saturated heterocycles. The molecular formula is C12H25NO2S. The lowest BCUT2D eigenvalue weighted by Crippen LogP contribution is -2.42. The van der Waals surface area contributed by atoms with E-state index in [2.05, 4.69) is 37.7 Å². The van der Waals surface area contributed by atoms with Crippen molar-refractivity contribution in [2.45, 2.75) is 40.2 Å². The molecule has 96 valence electrons. The number of rotatable bonds is 7. The highest BCUT2D eigenvalue weighted by molar-refractivity contribution is 7.99. The van der Waals surface area contributed by atoms with Gasteiger partial charge in [-0.25, -0.2) is 0 Å². The number of ether oxygens (including phenoxy) is 1. The van der Waals surface area contributed by atoms with Gasteiger partial charge in [0.1, 0.15) is 0 Å². The minimum Gasteiger partial charge on any atom is -0.469 e. The Hall–Kier alpha value is -0.220. The minimum atomic E-state index is -0.122. The average Bonchev–Trinajstić information content (AvgIpc) is 2.20. The third kappa shape index (κ3) is 7.12. The first-order valence-corrected chi connectivity index (χ1v) is 6.95. The highest BCUT2D eigenvalue weighted by Gasteiger charge is 2.23. The van der Waals surface area contributed by atoms with Gasteiger partial charge >= 0.3 is 5.97 Å². The van der Waals surface area contributed by atoms with Gasteiger partial charge in [-0.3, -0.25) is 4.79 Å². The summed E-state index contributed by atoms with van der Waals surface area (Å²) in [5.41, 5.74) is 0.258. The minimum absolute atomic E-state index is 0.122. The molecule has 1 atom stereocenters. The quantitative estimate of drug-likeness (QED) is 0.553. The molecular weight excluding hydrogens is 222 g/mol. The first-order chi connectivity index (χ1) is 7.41. The summed E-state index contributed by atoms with van der Waals surface area (Å²) in [6, 6.07) is 0.486. The Morgan fingerprint density at radius 1 is 1.44 bits per heavy atom. The van der Waals surface area contributed by atoms with Gasteiger partial charge in [-0.15, -0.1) is 0 Å². The Bertz CT molecular complexity index is 202. The van der Waals surface area contributed by atoms with Crippen molar-refractivity contribution in [3.63, 3.8) is 0 Å². The van der Waals surface area contributed by atoms with Gasteiger partial charge in [-0.05, 0) is 12.0 Å². The van der Waals surface area contributed by atoms with Gasteiger partial charge in [0.05, 0.1) is 13.5 Å². The van der Waals surface area contributed by atoms with Gasteiger partial charge in [0, 0.05) is 17.5 Å². The summed E-state index contributed by atoms with van der Waals surface area (Å²) in [5.74, 6) is 1.75. The fourth-order valence-electron chi connectivity index (χ4n) is 1.32. The molecule has 0 amide bonds. The van der Waals surface area contributed by atoms with Crippen molar-refractivity contribution in [2.24, 2.45) is 5.41 Å². The van der Waals surface area contributed by atoms with E-state index in [4.69, 9.17) is 0 Å². The lowest BCUT2D eigenvalue weighted by Gasteiger charge is -2.31. The molecule has 0 radical (unpaired) electrons. The van der Waals surface area contributed by atoms with Crippen LogP contribution in [0, 0.1) is 5.41 Å². The summed E-state index contributed by atoms with van der Waals surface area (Å²) in [4.78, 5) is 10.9. The molecule has 0 aromatic heterocycles. The van der Waals surface area contributed by atoms with E-state index < -0.39 is 0 Å². The van der Waals surface area contributed by atoms with Crippen molar-refractivity contribution in [1.82, 2.24) is 5.32 Å². The second-order valence-electron chi connectivity index (χ2n) is 4.88. The lowest BCUT2D eigenvalue weighted by atomic mass is 9.88. The fourth-order valence-corrected chi connectivity index (χ4v) is 2.65. The van der Waals surface area contributed by atoms with E-state index >= 15 is 0 Å². The molecule has 0 heterocycles. The smallest absolute Gasteiger partial charge is 0.306 e. The zero-order valence-electron chi connectivity index (χ0n) is 11.1. The van der Waals surface area contributed by atoms with Gasteiger partial charge in [0.25, 0.3) is 0 Å². The maximum Gasteiger partial charge on any atom is 0.306 e. The van der Waals surface area contributed by atoms with Crippen molar-refractivity contribution in [3.05, 3.63) is 0 Å². The van der Waals surface area contributed by atoms with Crippen LogP contribution in [-0.2, 0) is 9.53 Å². The molecule has 0 bridgehead atoms. The van der Waals surface area contributed by atoms with Crippen molar-refractivity contribution < 1.29 is 9.53 Å². The van der Waals surface area contributed by atoms with Crippen LogP contribution in [0.25, 0.3) is 0 Å². The largest absolute Gasteiger partial charge is 0.469 e. The normalized spacial score (nSPS) is 13.6. The predicted octanol–water partition coefficient (Wildman–Crippen LogP) is 2.31. The van der Waals surface area contributed by atoms with Crippen LogP contribution in [0.1, 0.15) is 34.1 Å². The lowest BCUT2D eigenvalue weighted by molar-refractivity contribution is -0.140. The van der Waals surface area contributed by atoms with Gasteiger partial charge in [0.15, 0.2) is 0 Å². The van der Waals surface area contributed by atoms with Crippen LogP contribution < -0.4 is 5.32 Å². The number of carbonyl (C=O) groups is 1. The summed E-state index contributed by atoms with van der Waals surface area (Å²) >= 11 is 1.81. The number of esters is 1. The summed E-state index contributed by atoms with van der Waals surface area (Å²) in [5, 5.41) is 3.49. The number of carbonyl (C=O) groups excluding carboxylic acids is 1. The van der Waals surface area contributed by atoms with Gasteiger partial charge < -0.3 is 10.1 Å². The number of nitrogens with one attached hydrogen (secondary N) is 1. The third-order valence-corrected chi connectivity index (χ3v) is 3.52. The number of thioether (sulfide) groups is 1. The van der Waals surface area contributed by atoms with Crippen molar-refractivity contribution in [2.75, 3.05) is 25.2 Å². The Balaban J connectivity index is 3.81. The van der Waals surface area contributed by atoms with Crippen molar-refractivity contribution in [3.8, 4) is 0 Å². The zero-order chi connectivity index (χ0) is 12.6. The topological polar surface area (TPSA) is 38.3 Å². The van der Waals surface area contributed by atoms with Gasteiger partial charge in [-0.1, -0.05) is 27.7 Å². The average molecular weight is 247 g/mol. The number of hydrogen-bond acceptors (Lipinski definition) is 4. The highest BCUT2D eigenvalue weighted by Crippen LogP contribution is 2.22. The van der Waals surface area contributed by atoms with E-state index in [9.17, 15) is 4.79 Å². The van der Waals surface area contributed by atoms with E-state index in [1.165, 1.54) is 7.11 Å². The van der Waals surface area contributed by atoms with Gasteiger partial charge in [0.2, 0.25) is 0 Å².